The fourth-order valence-corrected chi connectivity index (χ4v) is 2.27. The van der Waals surface area contributed by atoms with Crippen LogP contribution in [0.1, 0.15) is 36.2 Å². The van der Waals surface area contributed by atoms with E-state index in [-0.39, 0.29) is 17.3 Å². The van der Waals surface area contributed by atoms with Crippen molar-refractivity contribution in [1.29, 1.82) is 0 Å². The molecule has 1 heterocycles. The third-order valence-electron chi connectivity index (χ3n) is 3.38. The fraction of sp³-hybridized carbons (Fsp3) is 0.357. The summed E-state index contributed by atoms with van der Waals surface area (Å²) in [7, 11) is 0. The van der Waals surface area contributed by atoms with Gasteiger partial charge in [-0.15, -0.1) is 4.91 Å². The maximum Gasteiger partial charge on any atom is 0.248 e. The second-order valence-corrected chi connectivity index (χ2v) is 4.63. The summed E-state index contributed by atoms with van der Waals surface area (Å²) in [4.78, 5) is 22.2. The average Bonchev–Trinajstić information content (AvgIpc) is 2.89. The van der Waals surface area contributed by atoms with Gasteiger partial charge in [0.15, 0.2) is 0 Å². The molecule has 3 N–H and O–H groups in total. The molecule has 0 aromatic heterocycles. The standard InChI is InChI=1S/C14H18N4O2/c1-3-10-8-13(18(4-2)16-10)11-6-5-9(14(15)19)7-12(11)17-20/h5-8,10,16H,3-4H2,1-2H3,(H2,15,19). The van der Waals surface area contributed by atoms with E-state index in [0.717, 1.165) is 18.7 Å². The molecule has 106 valence electrons. The van der Waals surface area contributed by atoms with Crippen LogP contribution >= 0.6 is 0 Å². The highest BCUT2D eigenvalue weighted by molar-refractivity contribution is 5.94. The number of primary amides is 1. The zero-order valence-electron chi connectivity index (χ0n) is 11.6. The number of carbonyl (C=O) groups is 1. The van der Waals surface area contributed by atoms with Crippen LogP contribution in [-0.4, -0.2) is 23.5 Å². The number of hydrazine groups is 1. The van der Waals surface area contributed by atoms with E-state index in [2.05, 4.69) is 23.6 Å². The van der Waals surface area contributed by atoms with Gasteiger partial charge in [-0.1, -0.05) is 6.92 Å². The molecule has 0 spiro atoms. The summed E-state index contributed by atoms with van der Waals surface area (Å²) in [6.45, 7) is 4.86. The number of rotatable bonds is 5. The van der Waals surface area contributed by atoms with Crippen LogP contribution in [0.15, 0.2) is 29.5 Å². The maximum absolute atomic E-state index is 11.2. The van der Waals surface area contributed by atoms with Crippen LogP contribution in [0.2, 0.25) is 0 Å². The zero-order chi connectivity index (χ0) is 14.7. The number of hydrogen-bond donors (Lipinski definition) is 2. The predicted molar refractivity (Wildman–Crippen MR) is 78.0 cm³/mol. The predicted octanol–water partition coefficient (Wildman–Crippen LogP) is 2.14. The van der Waals surface area contributed by atoms with Crippen LogP contribution in [0, 0.1) is 4.91 Å². The van der Waals surface area contributed by atoms with Crippen molar-refractivity contribution in [1.82, 2.24) is 10.4 Å². The van der Waals surface area contributed by atoms with E-state index in [1.807, 2.05) is 11.9 Å². The molecule has 1 aliphatic heterocycles. The molecule has 6 heteroatoms. The largest absolute Gasteiger partial charge is 0.366 e. The Morgan fingerprint density at radius 1 is 1.45 bits per heavy atom. The SMILES string of the molecule is CCC1C=C(c2ccc(C(N)=O)cc2N=O)N(CC)N1. The molecule has 1 aliphatic rings. The first-order chi connectivity index (χ1) is 9.60. The van der Waals surface area contributed by atoms with E-state index in [0.29, 0.717) is 5.56 Å². The lowest BCUT2D eigenvalue weighted by molar-refractivity contribution is 0.100. The summed E-state index contributed by atoms with van der Waals surface area (Å²) in [5, 5.41) is 5.00. The molecule has 0 saturated heterocycles. The number of nitrogens with two attached hydrogens (primary N) is 1. The van der Waals surface area contributed by atoms with Gasteiger partial charge in [-0.2, -0.15) is 0 Å². The van der Waals surface area contributed by atoms with Gasteiger partial charge in [0.05, 0.1) is 5.70 Å². The van der Waals surface area contributed by atoms with Crippen LogP contribution in [0.3, 0.4) is 0 Å². The van der Waals surface area contributed by atoms with Gasteiger partial charge in [0.25, 0.3) is 0 Å². The van der Waals surface area contributed by atoms with E-state index in [4.69, 9.17) is 5.73 Å². The van der Waals surface area contributed by atoms with Gasteiger partial charge in [-0.05, 0) is 42.8 Å². The monoisotopic (exact) mass is 274 g/mol. The van der Waals surface area contributed by atoms with Crippen LogP contribution in [0.25, 0.3) is 5.70 Å². The van der Waals surface area contributed by atoms with E-state index in [1.165, 1.54) is 6.07 Å². The number of carbonyl (C=O) groups excluding carboxylic acids is 1. The van der Waals surface area contributed by atoms with Gasteiger partial charge >= 0.3 is 0 Å². The fourth-order valence-electron chi connectivity index (χ4n) is 2.27. The normalized spacial score (nSPS) is 18.0. The second-order valence-electron chi connectivity index (χ2n) is 4.63. The zero-order valence-corrected chi connectivity index (χ0v) is 11.6. The summed E-state index contributed by atoms with van der Waals surface area (Å²) in [5.41, 5.74) is 10.7. The lowest BCUT2D eigenvalue weighted by atomic mass is 10.0. The van der Waals surface area contributed by atoms with Gasteiger partial charge in [0.1, 0.15) is 5.69 Å². The third-order valence-corrected chi connectivity index (χ3v) is 3.38. The summed E-state index contributed by atoms with van der Waals surface area (Å²) in [6, 6.07) is 4.99. The van der Waals surface area contributed by atoms with Gasteiger partial charge in [-0.25, -0.2) is 5.43 Å². The smallest absolute Gasteiger partial charge is 0.248 e. The van der Waals surface area contributed by atoms with Crippen LogP contribution in [0.5, 0.6) is 0 Å². The van der Waals surface area contributed by atoms with Crippen molar-refractivity contribution < 1.29 is 4.79 Å². The Balaban J connectivity index is 2.46. The number of nitroso groups, excluding NO2 is 1. The lowest BCUT2D eigenvalue weighted by Crippen LogP contribution is -2.36. The lowest BCUT2D eigenvalue weighted by Gasteiger charge is -2.22. The van der Waals surface area contributed by atoms with Crippen molar-refractivity contribution in [3.63, 3.8) is 0 Å². The maximum atomic E-state index is 11.2. The van der Waals surface area contributed by atoms with E-state index < -0.39 is 5.91 Å². The molecule has 0 aliphatic carbocycles. The first kappa shape index (κ1) is 14.2. The van der Waals surface area contributed by atoms with Crippen molar-refractivity contribution >= 4 is 17.3 Å². The van der Waals surface area contributed by atoms with Crippen molar-refractivity contribution in [2.24, 2.45) is 10.9 Å². The highest BCUT2D eigenvalue weighted by Crippen LogP contribution is 2.32. The van der Waals surface area contributed by atoms with Gasteiger partial charge in [0, 0.05) is 23.7 Å². The molecule has 1 amide bonds. The first-order valence-corrected chi connectivity index (χ1v) is 6.63. The number of nitrogens with one attached hydrogen (secondary N) is 1. The second kappa shape index (κ2) is 5.83. The Morgan fingerprint density at radius 2 is 2.20 bits per heavy atom. The number of hydrogen-bond acceptors (Lipinski definition) is 5. The Bertz CT molecular complexity index is 568. The summed E-state index contributed by atoms with van der Waals surface area (Å²) >= 11 is 0. The molecule has 1 aromatic rings. The van der Waals surface area contributed by atoms with E-state index >= 15 is 0 Å². The quantitative estimate of drug-likeness (QED) is 0.805. The molecule has 6 nitrogen and oxygen atoms in total. The topological polar surface area (TPSA) is 87.8 Å². The minimum absolute atomic E-state index is 0.226. The molecule has 1 atom stereocenters. The van der Waals surface area contributed by atoms with Gasteiger partial charge in [-0.3, -0.25) is 4.79 Å². The highest BCUT2D eigenvalue weighted by Gasteiger charge is 2.24. The third kappa shape index (κ3) is 2.55. The minimum atomic E-state index is -0.571. The molecular weight excluding hydrogens is 256 g/mol. The molecule has 0 bridgehead atoms. The Hall–Kier alpha value is -2.21. The Kier molecular flexibility index (Phi) is 4.14. The molecule has 2 rings (SSSR count). The van der Waals surface area contributed by atoms with Crippen molar-refractivity contribution in [2.45, 2.75) is 26.3 Å². The molecule has 0 saturated carbocycles. The van der Waals surface area contributed by atoms with E-state index in [9.17, 15) is 9.70 Å². The molecule has 1 unspecified atom stereocenters. The number of amides is 1. The molecular formula is C14H18N4O2. The van der Waals surface area contributed by atoms with Crippen molar-refractivity contribution in [2.75, 3.05) is 6.54 Å². The molecule has 0 fully saturated rings. The average molecular weight is 274 g/mol. The number of benzene rings is 1. The minimum Gasteiger partial charge on any atom is -0.366 e. The Labute approximate surface area is 117 Å². The Morgan fingerprint density at radius 3 is 2.75 bits per heavy atom. The first-order valence-electron chi connectivity index (χ1n) is 6.63. The molecule has 20 heavy (non-hydrogen) atoms. The van der Waals surface area contributed by atoms with Gasteiger partial charge in [0.2, 0.25) is 5.91 Å². The number of nitrogens with zero attached hydrogens (tertiary/aromatic N) is 2. The summed E-state index contributed by atoms with van der Waals surface area (Å²) in [6.07, 6.45) is 3.01. The molecule has 1 aromatic carbocycles. The summed E-state index contributed by atoms with van der Waals surface area (Å²) in [5.74, 6) is -0.571. The van der Waals surface area contributed by atoms with Crippen LogP contribution in [0.4, 0.5) is 5.69 Å². The van der Waals surface area contributed by atoms with Crippen LogP contribution in [-0.2, 0) is 0 Å². The highest BCUT2D eigenvalue weighted by atomic mass is 16.3. The summed E-state index contributed by atoms with van der Waals surface area (Å²) < 4.78 is 0. The van der Waals surface area contributed by atoms with Crippen molar-refractivity contribution in [3.05, 3.63) is 40.3 Å². The van der Waals surface area contributed by atoms with Gasteiger partial charge < -0.3 is 10.7 Å². The van der Waals surface area contributed by atoms with Crippen molar-refractivity contribution in [3.8, 4) is 0 Å². The van der Waals surface area contributed by atoms with Crippen LogP contribution < -0.4 is 11.2 Å². The molecule has 0 radical (unpaired) electrons. The van der Waals surface area contributed by atoms with E-state index in [1.54, 1.807) is 12.1 Å².